The summed E-state index contributed by atoms with van der Waals surface area (Å²) in [4.78, 5) is 23.7. The lowest BCUT2D eigenvalue weighted by Crippen LogP contribution is -2.30. The molecule has 0 spiro atoms. The second-order valence-electron chi connectivity index (χ2n) is 5.21. The maximum Gasteiger partial charge on any atom is 0.407 e. The highest BCUT2D eigenvalue weighted by molar-refractivity contribution is 5.98. The van der Waals surface area contributed by atoms with Crippen molar-refractivity contribution in [1.29, 1.82) is 0 Å². The molecule has 0 saturated carbocycles. The normalized spacial score (nSPS) is 10.0. The average Bonchev–Trinajstić information content (AvgIpc) is 2.64. The Kier molecular flexibility index (Phi) is 6.83. The lowest BCUT2D eigenvalue weighted by Gasteiger charge is -2.08. The molecule has 5 nitrogen and oxygen atoms in total. The van der Waals surface area contributed by atoms with Crippen molar-refractivity contribution >= 4 is 11.9 Å². The summed E-state index contributed by atoms with van der Waals surface area (Å²) in [5.41, 5.74) is 1.41. The van der Waals surface area contributed by atoms with Gasteiger partial charge in [-0.05, 0) is 36.2 Å². The van der Waals surface area contributed by atoms with Crippen LogP contribution in [0.2, 0.25) is 0 Å². The van der Waals surface area contributed by atoms with Gasteiger partial charge in [-0.1, -0.05) is 37.3 Å². The molecule has 0 fully saturated rings. The molecule has 126 valence electrons. The largest absolute Gasteiger partial charge is 0.494 e. The number of hydrogen-bond acceptors (Lipinski definition) is 4. The summed E-state index contributed by atoms with van der Waals surface area (Å²) < 4.78 is 10.5. The van der Waals surface area contributed by atoms with Crippen molar-refractivity contribution in [3.8, 4) is 5.75 Å². The molecule has 2 rings (SSSR count). The van der Waals surface area contributed by atoms with Gasteiger partial charge >= 0.3 is 6.09 Å². The first-order valence-electron chi connectivity index (χ1n) is 7.89. The smallest absolute Gasteiger partial charge is 0.407 e. The third-order valence-corrected chi connectivity index (χ3v) is 3.26. The highest BCUT2D eigenvalue weighted by atomic mass is 16.5. The summed E-state index contributed by atoms with van der Waals surface area (Å²) in [6.45, 7) is 2.73. The van der Waals surface area contributed by atoms with Crippen LogP contribution in [0.4, 0.5) is 4.79 Å². The van der Waals surface area contributed by atoms with Gasteiger partial charge in [0.1, 0.15) is 12.4 Å². The number of alkyl carbamates (subject to hydrolysis) is 1. The van der Waals surface area contributed by atoms with E-state index < -0.39 is 6.09 Å². The van der Waals surface area contributed by atoms with E-state index in [2.05, 4.69) is 5.32 Å². The molecule has 5 heteroatoms. The van der Waals surface area contributed by atoms with E-state index >= 15 is 0 Å². The molecule has 0 aromatic heterocycles. The van der Waals surface area contributed by atoms with Crippen molar-refractivity contribution in [1.82, 2.24) is 5.32 Å². The highest BCUT2D eigenvalue weighted by Gasteiger charge is 2.09. The molecular formula is C19H21NO4. The van der Waals surface area contributed by atoms with Crippen LogP contribution in [0.15, 0.2) is 54.6 Å². The molecule has 0 aliphatic carbocycles. The first kappa shape index (κ1) is 17.5. The fraction of sp³-hybridized carbons (Fsp3) is 0.263. The van der Waals surface area contributed by atoms with Crippen LogP contribution in [0.3, 0.4) is 0 Å². The van der Waals surface area contributed by atoms with Crippen molar-refractivity contribution in [3.63, 3.8) is 0 Å². The van der Waals surface area contributed by atoms with E-state index in [9.17, 15) is 9.59 Å². The Morgan fingerprint density at radius 1 is 1.00 bits per heavy atom. The molecule has 2 aromatic rings. The number of rotatable bonds is 8. The number of carbonyl (C=O) groups excluding carboxylic acids is 2. The van der Waals surface area contributed by atoms with Gasteiger partial charge in [0.05, 0.1) is 13.2 Å². The Morgan fingerprint density at radius 3 is 2.38 bits per heavy atom. The molecule has 0 aliphatic rings. The number of carbonyl (C=O) groups is 2. The number of Topliss-reactive ketones (excluding diaryl/α,β-unsaturated/α-hetero) is 1. The number of ketones is 1. The summed E-state index contributed by atoms with van der Waals surface area (Å²) in [5.74, 6) is 0.539. The molecular weight excluding hydrogens is 306 g/mol. The summed E-state index contributed by atoms with van der Waals surface area (Å²) in [6.07, 6.45) is 0.311. The molecule has 2 aromatic carbocycles. The van der Waals surface area contributed by atoms with Gasteiger partial charge in [0.25, 0.3) is 0 Å². The zero-order valence-corrected chi connectivity index (χ0v) is 13.7. The van der Waals surface area contributed by atoms with Crippen LogP contribution in [-0.2, 0) is 11.3 Å². The maximum absolute atomic E-state index is 12.0. The van der Waals surface area contributed by atoms with Gasteiger partial charge in [-0.3, -0.25) is 4.79 Å². The van der Waals surface area contributed by atoms with Crippen molar-refractivity contribution in [3.05, 3.63) is 65.7 Å². The maximum atomic E-state index is 12.0. The third-order valence-electron chi connectivity index (χ3n) is 3.26. The number of benzene rings is 2. The van der Waals surface area contributed by atoms with Crippen molar-refractivity contribution in [2.24, 2.45) is 0 Å². The number of amides is 1. The number of ether oxygens (including phenoxy) is 2. The summed E-state index contributed by atoms with van der Waals surface area (Å²) >= 11 is 0. The second kappa shape index (κ2) is 9.35. The van der Waals surface area contributed by atoms with Gasteiger partial charge in [0.15, 0.2) is 5.78 Å². The molecule has 24 heavy (non-hydrogen) atoms. The standard InChI is InChI=1S/C19H21NO4/c1-2-12-23-17-10-8-16(9-11-17)18(21)13-20-19(22)24-14-15-6-4-3-5-7-15/h3-11H,2,12-14H2,1H3,(H,20,22). The zero-order chi connectivity index (χ0) is 17.2. The van der Waals surface area contributed by atoms with Crippen LogP contribution < -0.4 is 10.1 Å². The minimum atomic E-state index is -0.616. The Hall–Kier alpha value is -2.82. The van der Waals surface area contributed by atoms with E-state index in [1.165, 1.54) is 0 Å². The molecule has 0 heterocycles. The molecule has 0 unspecified atom stereocenters. The minimum absolute atomic E-state index is 0.108. The van der Waals surface area contributed by atoms with Gasteiger partial charge in [-0.2, -0.15) is 0 Å². The molecule has 0 radical (unpaired) electrons. The van der Waals surface area contributed by atoms with Crippen molar-refractivity contribution in [2.75, 3.05) is 13.2 Å². The quantitative estimate of drug-likeness (QED) is 0.753. The van der Waals surface area contributed by atoms with E-state index in [0.717, 1.165) is 17.7 Å². The van der Waals surface area contributed by atoms with Crippen LogP contribution >= 0.6 is 0 Å². The number of nitrogens with one attached hydrogen (secondary N) is 1. The Morgan fingerprint density at radius 2 is 1.71 bits per heavy atom. The lowest BCUT2D eigenvalue weighted by atomic mass is 10.1. The van der Waals surface area contributed by atoms with Gasteiger partial charge in [0, 0.05) is 5.56 Å². The predicted octanol–water partition coefficient (Wildman–Crippen LogP) is 3.58. The Bertz CT molecular complexity index is 653. The topological polar surface area (TPSA) is 64.6 Å². The van der Waals surface area contributed by atoms with Gasteiger partial charge in [-0.15, -0.1) is 0 Å². The second-order valence-corrected chi connectivity index (χ2v) is 5.21. The van der Waals surface area contributed by atoms with Crippen LogP contribution in [0, 0.1) is 0 Å². The van der Waals surface area contributed by atoms with E-state index in [0.29, 0.717) is 12.2 Å². The van der Waals surface area contributed by atoms with Gasteiger partial charge in [0.2, 0.25) is 0 Å². The fourth-order valence-electron chi connectivity index (χ4n) is 1.99. The highest BCUT2D eigenvalue weighted by Crippen LogP contribution is 2.12. The first-order valence-corrected chi connectivity index (χ1v) is 7.89. The fourth-order valence-corrected chi connectivity index (χ4v) is 1.99. The first-order chi connectivity index (χ1) is 11.7. The number of hydrogen-bond donors (Lipinski definition) is 1. The van der Waals surface area contributed by atoms with Crippen LogP contribution in [0.25, 0.3) is 0 Å². The van der Waals surface area contributed by atoms with E-state index in [4.69, 9.17) is 9.47 Å². The summed E-state index contributed by atoms with van der Waals surface area (Å²) in [6, 6.07) is 16.2. The molecule has 1 amide bonds. The van der Waals surface area contributed by atoms with Crippen molar-refractivity contribution in [2.45, 2.75) is 20.0 Å². The van der Waals surface area contributed by atoms with Crippen LogP contribution in [0.5, 0.6) is 5.75 Å². The van der Waals surface area contributed by atoms with E-state index in [1.807, 2.05) is 37.3 Å². The average molecular weight is 327 g/mol. The third kappa shape index (κ3) is 5.76. The molecule has 0 aliphatic heterocycles. The van der Waals surface area contributed by atoms with Crippen molar-refractivity contribution < 1.29 is 19.1 Å². The zero-order valence-electron chi connectivity index (χ0n) is 13.7. The molecule has 0 bridgehead atoms. The summed E-state index contributed by atoms with van der Waals surface area (Å²) in [7, 11) is 0. The lowest BCUT2D eigenvalue weighted by molar-refractivity contribution is 0.0974. The molecule has 0 atom stereocenters. The van der Waals surface area contributed by atoms with E-state index in [-0.39, 0.29) is 18.9 Å². The SMILES string of the molecule is CCCOc1ccc(C(=O)CNC(=O)OCc2ccccc2)cc1. The summed E-state index contributed by atoms with van der Waals surface area (Å²) in [5, 5.41) is 2.46. The van der Waals surface area contributed by atoms with Gasteiger partial charge in [-0.25, -0.2) is 4.79 Å². The minimum Gasteiger partial charge on any atom is -0.494 e. The van der Waals surface area contributed by atoms with E-state index in [1.54, 1.807) is 24.3 Å². The monoisotopic (exact) mass is 327 g/mol. The Balaban J connectivity index is 1.74. The van der Waals surface area contributed by atoms with Gasteiger partial charge < -0.3 is 14.8 Å². The molecule has 0 saturated heterocycles. The van der Waals surface area contributed by atoms with Crippen LogP contribution in [-0.4, -0.2) is 25.0 Å². The predicted molar refractivity (Wildman–Crippen MR) is 91.2 cm³/mol. The van der Waals surface area contributed by atoms with Crippen LogP contribution in [0.1, 0.15) is 29.3 Å². The molecule has 1 N–H and O–H groups in total. The Labute approximate surface area is 141 Å².